The van der Waals surface area contributed by atoms with Crippen LogP contribution in [0, 0.1) is 5.92 Å². The SMILES string of the molecule is CC(C)n1nnc2cc(S(=O)(=O)N3CCC[C@@H](C(=O)N(C)Cc4ccccc4)C3)ccc21. The lowest BCUT2D eigenvalue weighted by Gasteiger charge is -2.33. The van der Waals surface area contributed by atoms with E-state index in [2.05, 4.69) is 10.3 Å². The molecule has 1 saturated heterocycles. The molecule has 1 atom stereocenters. The van der Waals surface area contributed by atoms with Gasteiger partial charge in [0, 0.05) is 32.7 Å². The first kappa shape index (κ1) is 22.4. The van der Waals surface area contributed by atoms with Gasteiger partial charge in [0.2, 0.25) is 15.9 Å². The van der Waals surface area contributed by atoms with Crippen molar-refractivity contribution in [1.29, 1.82) is 0 Å². The van der Waals surface area contributed by atoms with E-state index >= 15 is 0 Å². The number of rotatable bonds is 6. The summed E-state index contributed by atoms with van der Waals surface area (Å²) in [5, 5.41) is 8.26. The number of fused-ring (bicyclic) bond motifs is 1. The first-order valence-electron chi connectivity index (χ1n) is 10.9. The minimum Gasteiger partial charge on any atom is -0.341 e. The molecule has 0 N–H and O–H groups in total. The van der Waals surface area contributed by atoms with Crippen LogP contribution in [-0.2, 0) is 21.4 Å². The van der Waals surface area contributed by atoms with Gasteiger partial charge in [-0.2, -0.15) is 4.31 Å². The van der Waals surface area contributed by atoms with E-state index in [-0.39, 0.29) is 29.3 Å². The molecule has 1 aliphatic heterocycles. The third-order valence-electron chi connectivity index (χ3n) is 5.94. The molecule has 1 aliphatic rings. The summed E-state index contributed by atoms with van der Waals surface area (Å²) in [6, 6.07) is 14.8. The Labute approximate surface area is 188 Å². The molecule has 8 nitrogen and oxygen atoms in total. The van der Waals surface area contributed by atoms with Gasteiger partial charge in [-0.25, -0.2) is 13.1 Å². The second-order valence-corrected chi connectivity index (χ2v) is 10.6. The van der Waals surface area contributed by atoms with E-state index in [1.807, 2.05) is 44.2 Å². The van der Waals surface area contributed by atoms with Crippen LogP contribution >= 0.6 is 0 Å². The maximum atomic E-state index is 13.3. The Morgan fingerprint density at radius 2 is 1.94 bits per heavy atom. The Hall–Kier alpha value is -2.78. The molecule has 2 aromatic carbocycles. The van der Waals surface area contributed by atoms with Crippen molar-refractivity contribution in [2.24, 2.45) is 5.92 Å². The van der Waals surface area contributed by atoms with Crippen LogP contribution in [0.25, 0.3) is 11.0 Å². The predicted molar refractivity (Wildman–Crippen MR) is 122 cm³/mol. The lowest BCUT2D eigenvalue weighted by Crippen LogP contribution is -2.45. The van der Waals surface area contributed by atoms with E-state index in [1.54, 1.807) is 34.8 Å². The van der Waals surface area contributed by atoms with Crippen molar-refractivity contribution in [3.8, 4) is 0 Å². The van der Waals surface area contributed by atoms with Crippen LogP contribution < -0.4 is 0 Å². The van der Waals surface area contributed by atoms with E-state index in [1.165, 1.54) is 4.31 Å². The predicted octanol–water partition coefficient (Wildman–Crippen LogP) is 3.07. The number of hydrogen-bond acceptors (Lipinski definition) is 5. The molecule has 0 radical (unpaired) electrons. The molecule has 0 spiro atoms. The van der Waals surface area contributed by atoms with E-state index in [9.17, 15) is 13.2 Å². The molecule has 0 aliphatic carbocycles. The zero-order chi connectivity index (χ0) is 22.9. The largest absolute Gasteiger partial charge is 0.341 e. The number of aromatic nitrogens is 3. The van der Waals surface area contributed by atoms with Gasteiger partial charge < -0.3 is 4.90 Å². The molecule has 2 heterocycles. The van der Waals surface area contributed by atoms with E-state index in [0.717, 1.165) is 11.1 Å². The molecule has 9 heteroatoms. The summed E-state index contributed by atoms with van der Waals surface area (Å²) in [4.78, 5) is 14.9. The van der Waals surface area contributed by atoms with Crippen LogP contribution in [0.4, 0.5) is 0 Å². The summed E-state index contributed by atoms with van der Waals surface area (Å²) >= 11 is 0. The smallest absolute Gasteiger partial charge is 0.243 e. The molecule has 1 aromatic heterocycles. The first-order chi connectivity index (χ1) is 15.3. The third-order valence-corrected chi connectivity index (χ3v) is 7.80. The number of piperidine rings is 1. The molecular formula is C23H29N5O3S. The molecule has 0 unspecified atom stereocenters. The van der Waals surface area contributed by atoms with Crippen LogP contribution in [0.5, 0.6) is 0 Å². The maximum Gasteiger partial charge on any atom is 0.243 e. The molecular weight excluding hydrogens is 426 g/mol. The zero-order valence-electron chi connectivity index (χ0n) is 18.7. The van der Waals surface area contributed by atoms with Crippen LogP contribution in [0.15, 0.2) is 53.4 Å². The van der Waals surface area contributed by atoms with Gasteiger partial charge in [-0.15, -0.1) is 5.10 Å². The van der Waals surface area contributed by atoms with E-state index in [4.69, 9.17) is 0 Å². The first-order valence-corrected chi connectivity index (χ1v) is 12.4. The number of sulfonamides is 1. The molecule has 4 rings (SSSR count). The Kier molecular flexibility index (Phi) is 6.30. The second-order valence-electron chi connectivity index (χ2n) is 8.66. The van der Waals surface area contributed by atoms with E-state index in [0.29, 0.717) is 31.4 Å². The number of benzene rings is 2. The van der Waals surface area contributed by atoms with Crippen molar-refractivity contribution in [2.75, 3.05) is 20.1 Å². The van der Waals surface area contributed by atoms with Gasteiger partial charge in [0.25, 0.3) is 0 Å². The Morgan fingerprint density at radius 1 is 1.19 bits per heavy atom. The van der Waals surface area contributed by atoms with Crippen LogP contribution in [-0.4, -0.2) is 58.7 Å². The lowest BCUT2D eigenvalue weighted by atomic mass is 9.98. The number of hydrogen-bond donors (Lipinski definition) is 0. The molecule has 1 amide bonds. The normalized spacial score (nSPS) is 17.7. The average Bonchev–Trinajstić information content (AvgIpc) is 3.23. The van der Waals surface area contributed by atoms with Crippen molar-refractivity contribution in [2.45, 2.75) is 44.2 Å². The highest BCUT2D eigenvalue weighted by molar-refractivity contribution is 7.89. The molecule has 0 bridgehead atoms. The fourth-order valence-electron chi connectivity index (χ4n) is 4.22. The number of amides is 1. The number of carbonyl (C=O) groups is 1. The average molecular weight is 456 g/mol. The third kappa shape index (κ3) is 4.40. The summed E-state index contributed by atoms with van der Waals surface area (Å²) in [7, 11) is -1.96. The molecule has 32 heavy (non-hydrogen) atoms. The summed E-state index contributed by atoms with van der Waals surface area (Å²) in [5.41, 5.74) is 2.39. The van der Waals surface area contributed by atoms with Gasteiger partial charge >= 0.3 is 0 Å². The Morgan fingerprint density at radius 3 is 2.66 bits per heavy atom. The van der Waals surface area contributed by atoms with Gasteiger partial charge in [0.1, 0.15) is 5.52 Å². The summed E-state index contributed by atoms with van der Waals surface area (Å²) in [6.45, 7) is 5.10. The minimum absolute atomic E-state index is 0.0240. The zero-order valence-corrected chi connectivity index (χ0v) is 19.5. The maximum absolute atomic E-state index is 13.3. The Balaban J connectivity index is 1.50. The highest BCUT2D eigenvalue weighted by Gasteiger charge is 2.34. The van der Waals surface area contributed by atoms with Gasteiger partial charge in [0.05, 0.1) is 16.3 Å². The standard InChI is InChI=1S/C23H29N5O3S/c1-17(2)28-22-12-11-20(14-21(22)24-25-28)32(30,31)27-13-7-10-19(16-27)23(29)26(3)15-18-8-5-4-6-9-18/h4-6,8-9,11-12,14,17,19H,7,10,13,15-16H2,1-3H3/t19-/m1/s1. The van der Waals surface area contributed by atoms with Crippen LogP contribution in [0.2, 0.25) is 0 Å². The van der Waals surface area contributed by atoms with Gasteiger partial charge in [-0.3, -0.25) is 4.79 Å². The molecule has 1 fully saturated rings. The fraction of sp³-hybridized carbons (Fsp3) is 0.435. The molecule has 3 aromatic rings. The van der Waals surface area contributed by atoms with Crippen molar-refractivity contribution in [3.63, 3.8) is 0 Å². The van der Waals surface area contributed by atoms with Crippen LogP contribution in [0.1, 0.15) is 38.3 Å². The van der Waals surface area contributed by atoms with E-state index < -0.39 is 10.0 Å². The summed E-state index contributed by atoms with van der Waals surface area (Å²) < 4.78 is 29.9. The van der Waals surface area contributed by atoms with Crippen molar-refractivity contribution in [3.05, 3.63) is 54.1 Å². The quantitative estimate of drug-likeness (QED) is 0.570. The number of nitrogens with zero attached hydrogens (tertiary/aromatic N) is 5. The van der Waals surface area contributed by atoms with Crippen molar-refractivity contribution in [1.82, 2.24) is 24.2 Å². The topological polar surface area (TPSA) is 88.4 Å². The Bertz CT molecular complexity index is 1210. The van der Waals surface area contributed by atoms with Crippen molar-refractivity contribution < 1.29 is 13.2 Å². The number of carbonyl (C=O) groups excluding carboxylic acids is 1. The summed E-state index contributed by atoms with van der Waals surface area (Å²) in [6.07, 6.45) is 1.34. The van der Waals surface area contributed by atoms with Gasteiger partial charge in [-0.1, -0.05) is 35.5 Å². The monoisotopic (exact) mass is 455 g/mol. The highest BCUT2D eigenvalue weighted by Crippen LogP contribution is 2.27. The second kappa shape index (κ2) is 8.99. The lowest BCUT2D eigenvalue weighted by molar-refractivity contribution is -0.135. The molecule has 170 valence electrons. The minimum atomic E-state index is -3.73. The van der Waals surface area contributed by atoms with Crippen LogP contribution in [0.3, 0.4) is 0 Å². The highest BCUT2D eigenvalue weighted by atomic mass is 32.2. The van der Waals surface area contributed by atoms with Crippen molar-refractivity contribution >= 4 is 27.0 Å². The molecule has 0 saturated carbocycles. The fourth-order valence-corrected chi connectivity index (χ4v) is 5.77. The summed E-state index contributed by atoms with van der Waals surface area (Å²) in [5.74, 6) is -0.373. The van der Waals surface area contributed by atoms with Gasteiger partial charge in [-0.05, 0) is 50.5 Å². The van der Waals surface area contributed by atoms with Gasteiger partial charge in [0.15, 0.2) is 0 Å².